The normalized spacial score (nSPS) is 12.8. The molecule has 0 bridgehead atoms. The molecule has 0 fully saturated rings. The molecule has 0 aromatic heterocycles. The summed E-state index contributed by atoms with van der Waals surface area (Å²) >= 11 is 0. The van der Waals surface area contributed by atoms with Gasteiger partial charge in [-0.3, -0.25) is 9.59 Å². The SMILES string of the molecule is CCCCCCCCCCCCCCCCCC(=O)OCCCCC/C=C\C=C/CCCCCCCCCCCCC(=O)NC(CO)C(O)CCCCCCCCCCCCC. The van der Waals surface area contributed by atoms with Crippen molar-refractivity contribution in [2.75, 3.05) is 13.2 Å². The van der Waals surface area contributed by atoms with Crippen LogP contribution in [0.4, 0.5) is 0 Å². The lowest BCUT2D eigenvalue weighted by Crippen LogP contribution is -2.45. The Morgan fingerprint density at radius 2 is 0.790 bits per heavy atom. The van der Waals surface area contributed by atoms with Crippen LogP contribution in [0.15, 0.2) is 24.3 Å². The predicted octanol–water partition coefficient (Wildman–Crippen LogP) is 16.7. The summed E-state index contributed by atoms with van der Waals surface area (Å²) in [5, 5.41) is 23.1. The van der Waals surface area contributed by atoms with Crippen LogP contribution in [0.2, 0.25) is 0 Å². The van der Waals surface area contributed by atoms with E-state index in [1.54, 1.807) is 0 Å². The first-order valence-corrected chi connectivity index (χ1v) is 27.6. The molecule has 0 aromatic carbocycles. The predicted molar refractivity (Wildman–Crippen MR) is 269 cm³/mol. The Labute approximate surface area is 386 Å². The fraction of sp³-hybridized carbons (Fsp3) is 0.893. The summed E-state index contributed by atoms with van der Waals surface area (Å²) in [6.45, 7) is 4.91. The summed E-state index contributed by atoms with van der Waals surface area (Å²) < 4.78 is 5.45. The van der Waals surface area contributed by atoms with E-state index in [1.165, 1.54) is 193 Å². The van der Waals surface area contributed by atoms with Gasteiger partial charge in [-0.2, -0.15) is 0 Å². The van der Waals surface area contributed by atoms with Crippen LogP contribution in [0.5, 0.6) is 0 Å². The van der Waals surface area contributed by atoms with Crippen molar-refractivity contribution in [3.8, 4) is 0 Å². The topological polar surface area (TPSA) is 95.9 Å². The number of unbranched alkanes of at least 4 members (excludes halogenated alkanes) is 37. The Bertz CT molecular complexity index is 966. The number of nitrogens with one attached hydrogen (secondary N) is 1. The Kier molecular flexibility index (Phi) is 50.6. The summed E-state index contributed by atoms with van der Waals surface area (Å²) in [5.74, 6) is -0.0562. The third kappa shape index (κ3) is 47.8. The van der Waals surface area contributed by atoms with E-state index in [0.717, 1.165) is 70.6 Å². The lowest BCUT2D eigenvalue weighted by atomic mass is 10.0. The second kappa shape index (κ2) is 52.0. The smallest absolute Gasteiger partial charge is 0.305 e. The Hall–Kier alpha value is -1.66. The molecule has 6 heteroatoms. The van der Waals surface area contributed by atoms with Crippen molar-refractivity contribution in [3.63, 3.8) is 0 Å². The monoisotopic (exact) mass is 874 g/mol. The minimum absolute atomic E-state index is 0.0106. The van der Waals surface area contributed by atoms with Gasteiger partial charge < -0.3 is 20.3 Å². The molecule has 0 rings (SSSR count). The maximum atomic E-state index is 12.4. The highest BCUT2D eigenvalue weighted by Crippen LogP contribution is 2.17. The summed E-state index contributed by atoms with van der Waals surface area (Å²) in [5.41, 5.74) is 0. The maximum Gasteiger partial charge on any atom is 0.305 e. The van der Waals surface area contributed by atoms with Crippen molar-refractivity contribution in [2.45, 2.75) is 309 Å². The van der Waals surface area contributed by atoms with Crippen LogP contribution in [-0.4, -0.2) is 47.4 Å². The number of amides is 1. The molecule has 0 aliphatic carbocycles. The van der Waals surface area contributed by atoms with Gasteiger partial charge in [-0.05, 0) is 57.8 Å². The molecule has 0 heterocycles. The quantitative estimate of drug-likeness (QED) is 0.0321. The second-order valence-corrected chi connectivity index (χ2v) is 18.9. The molecule has 0 aromatic rings. The summed E-state index contributed by atoms with van der Waals surface area (Å²) in [7, 11) is 0. The zero-order valence-electron chi connectivity index (χ0n) is 41.6. The van der Waals surface area contributed by atoms with E-state index in [4.69, 9.17) is 4.74 Å². The first kappa shape index (κ1) is 60.3. The molecule has 2 atom stereocenters. The molecule has 0 saturated carbocycles. The van der Waals surface area contributed by atoms with E-state index in [0.29, 0.717) is 25.9 Å². The molecule has 0 spiro atoms. The number of aliphatic hydroxyl groups is 2. The standard InChI is InChI=1S/C56H107NO5/c1-3-5-7-9-11-13-15-16-22-26-30-34-38-42-46-50-56(61)62-51-47-43-39-35-31-27-24-21-19-17-18-20-23-25-29-33-37-41-45-49-55(60)57-53(52-58)54(59)48-44-40-36-32-28-14-12-10-8-6-4-2/h21,24,27,31,53-54,58-59H,3-20,22-23,25-26,28-30,32-52H2,1-2H3,(H,57,60)/b24-21-,31-27-. The third-order valence-corrected chi connectivity index (χ3v) is 12.8. The van der Waals surface area contributed by atoms with Gasteiger partial charge in [0.2, 0.25) is 5.91 Å². The van der Waals surface area contributed by atoms with Crippen LogP contribution in [0.1, 0.15) is 296 Å². The molecule has 3 N–H and O–H groups in total. The van der Waals surface area contributed by atoms with Crippen molar-refractivity contribution in [3.05, 3.63) is 24.3 Å². The molecule has 2 unspecified atom stereocenters. The maximum absolute atomic E-state index is 12.4. The lowest BCUT2D eigenvalue weighted by molar-refractivity contribution is -0.143. The zero-order valence-corrected chi connectivity index (χ0v) is 41.6. The zero-order chi connectivity index (χ0) is 45.1. The van der Waals surface area contributed by atoms with E-state index in [2.05, 4.69) is 43.5 Å². The van der Waals surface area contributed by atoms with Gasteiger partial charge in [-0.15, -0.1) is 0 Å². The van der Waals surface area contributed by atoms with E-state index >= 15 is 0 Å². The molecular weight excluding hydrogens is 767 g/mol. The second-order valence-electron chi connectivity index (χ2n) is 18.9. The lowest BCUT2D eigenvalue weighted by Gasteiger charge is -2.22. The molecule has 62 heavy (non-hydrogen) atoms. The third-order valence-electron chi connectivity index (χ3n) is 12.8. The number of rotatable bonds is 51. The highest BCUT2D eigenvalue weighted by atomic mass is 16.5. The van der Waals surface area contributed by atoms with Crippen molar-refractivity contribution in [1.29, 1.82) is 0 Å². The van der Waals surface area contributed by atoms with Gasteiger partial charge in [0.15, 0.2) is 0 Å². The number of hydrogen-bond acceptors (Lipinski definition) is 5. The van der Waals surface area contributed by atoms with Gasteiger partial charge in [-0.25, -0.2) is 0 Å². The molecule has 366 valence electrons. The molecular formula is C56H107NO5. The van der Waals surface area contributed by atoms with Gasteiger partial charge >= 0.3 is 5.97 Å². The highest BCUT2D eigenvalue weighted by molar-refractivity contribution is 5.76. The number of allylic oxidation sites excluding steroid dienone is 4. The van der Waals surface area contributed by atoms with E-state index < -0.39 is 12.1 Å². The van der Waals surface area contributed by atoms with Crippen LogP contribution in [0, 0.1) is 0 Å². The van der Waals surface area contributed by atoms with E-state index in [-0.39, 0.29) is 18.5 Å². The van der Waals surface area contributed by atoms with E-state index in [9.17, 15) is 19.8 Å². The van der Waals surface area contributed by atoms with Gasteiger partial charge in [0.05, 0.1) is 25.4 Å². The molecule has 0 saturated heterocycles. The van der Waals surface area contributed by atoms with Crippen LogP contribution in [0.25, 0.3) is 0 Å². The van der Waals surface area contributed by atoms with Gasteiger partial charge in [0, 0.05) is 12.8 Å². The Morgan fingerprint density at radius 1 is 0.452 bits per heavy atom. The van der Waals surface area contributed by atoms with Crippen molar-refractivity contribution in [1.82, 2.24) is 5.32 Å². The minimum atomic E-state index is -0.669. The minimum Gasteiger partial charge on any atom is -0.466 e. The number of carbonyl (C=O) groups is 2. The van der Waals surface area contributed by atoms with Crippen LogP contribution >= 0.6 is 0 Å². The average Bonchev–Trinajstić information content (AvgIpc) is 3.27. The number of carbonyl (C=O) groups excluding carboxylic acids is 2. The number of esters is 1. The fourth-order valence-corrected chi connectivity index (χ4v) is 8.51. The van der Waals surface area contributed by atoms with Crippen LogP contribution < -0.4 is 5.32 Å². The van der Waals surface area contributed by atoms with Gasteiger partial charge in [-0.1, -0.05) is 250 Å². The molecule has 0 radical (unpaired) electrons. The Morgan fingerprint density at radius 3 is 1.19 bits per heavy atom. The summed E-state index contributed by atoms with van der Waals surface area (Å²) in [6.07, 6.45) is 61.6. The fourth-order valence-electron chi connectivity index (χ4n) is 8.51. The number of hydrogen-bond donors (Lipinski definition) is 3. The average molecular weight is 874 g/mol. The van der Waals surface area contributed by atoms with Gasteiger partial charge in [0.1, 0.15) is 0 Å². The molecule has 0 aliphatic heterocycles. The molecule has 1 amide bonds. The van der Waals surface area contributed by atoms with Crippen molar-refractivity contribution >= 4 is 11.9 Å². The first-order chi connectivity index (χ1) is 30.5. The summed E-state index contributed by atoms with van der Waals surface area (Å²) in [4.78, 5) is 24.4. The highest BCUT2D eigenvalue weighted by Gasteiger charge is 2.20. The molecule has 6 nitrogen and oxygen atoms in total. The first-order valence-electron chi connectivity index (χ1n) is 27.6. The summed E-state index contributed by atoms with van der Waals surface area (Å²) in [6, 6.07) is -0.547. The molecule has 0 aliphatic rings. The van der Waals surface area contributed by atoms with Crippen molar-refractivity contribution in [2.24, 2.45) is 0 Å². The van der Waals surface area contributed by atoms with Crippen LogP contribution in [-0.2, 0) is 14.3 Å². The van der Waals surface area contributed by atoms with E-state index in [1.807, 2.05) is 0 Å². The van der Waals surface area contributed by atoms with Crippen LogP contribution in [0.3, 0.4) is 0 Å². The number of aliphatic hydroxyl groups excluding tert-OH is 2. The largest absolute Gasteiger partial charge is 0.466 e. The Balaban J connectivity index is 3.45. The van der Waals surface area contributed by atoms with Gasteiger partial charge in [0.25, 0.3) is 0 Å². The van der Waals surface area contributed by atoms with Crippen molar-refractivity contribution < 1.29 is 24.5 Å². The number of ether oxygens (including phenoxy) is 1.